The third-order valence-electron chi connectivity index (χ3n) is 5.82. The van der Waals surface area contributed by atoms with E-state index in [0.717, 1.165) is 22.4 Å². The van der Waals surface area contributed by atoms with Gasteiger partial charge in [0, 0.05) is 24.6 Å². The molecule has 0 spiro atoms. The van der Waals surface area contributed by atoms with Gasteiger partial charge >= 0.3 is 0 Å². The van der Waals surface area contributed by atoms with Crippen LogP contribution in [-0.4, -0.2) is 40.6 Å². The fraction of sp³-hybridized carbons (Fsp3) is 0.172. The van der Waals surface area contributed by atoms with Crippen molar-refractivity contribution in [1.29, 1.82) is 0 Å². The van der Waals surface area contributed by atoms with Gasteiger partial charge in [-0.05, 0) is 36.3 Å². The molecule has 0 radical (unpaired) electrons. The van der Waals surface area contributed by atoms with Gasteiger partial charge in [0.15, 0.2) is 0 Å². The first-order chi connectivity index (χ1) is 18.0. The van der Waals surface area contributed by atoms with E-state index in [1.807, 2.05) is 91.9 Å². The highest BCUT2D eigenvalue weighted by atomic mass is 32.1. The van der Waals surface area contributed by atoms with E-state index in [9.17, 15) is 9.59 Å². The predicted molar refractivity (Wildman–Crippen MR) is 147 cm³/mol. The van der Waals surface area contributed by atoms with E-state index >= 15 is 0 Å². The molecule has 2 amide bonds. The molecule has 1 unspecified atom stereocenters. The quantitative estimate of drug-likeness (QED) is 0.270. The Morgan fingerprint density at radius 3 is 2.46 bits per heavy atom. The van der Waals surface area contributed by atoms with Gasteiger partial charge in [-0.15, -0.1) is 10.2 Å². The Labute approximate surface area is 220 Å². The summed E-state index contributed by atoms with van der Waals surface area (Å²) in [5.74, 6) is 0.319. The second-order valence-corrected chi connectivity index (χ2v) is 9.28. The van der Waals surface area contributed by atoms with E-state index in [2.05, 4.69) is 15.5 Å². The Bertz CT molecular complexity index is 1360. The lowest BCUT2D eigenvalue weighted by atomic mass is 10.1. The van der Waals surface area contributed by atoms with Crippen molar-refractivity contribution in [3.05, 3.63) is 102 Å². The molecular formula is C29H28N4O3S. The van der Waals surface area contributed by atoms with Crippen LogP contribution in [-0.2, 0) is 9.59 Å². The molecule has 3 aromatic carbocycles. The third kappa shape index (κ3) is 7.11. The normalized spacial score (nSPS) is 11.7. The summed E-state index contributed by atoms with van der Waals surface area (Å²) in [6.45, 7) is 2.22. The molecule has 4 aromatic rings. The Morgan fingerprint density at radius 2 is 1.73 bits per heavy atom. The molecule has 0 saturated carbocycles. The van der Waals surface area contributed by atoms with E-state index in [0.29, 0.717) is 10.1 Å². The summed E-state index contributed by atoms with van der Waals surface area (Å²) < 4.78 is 5.26. The number of ether oxygens (including phenoxy) is 1. The molecule has 1 atom stereocenters. The lowest BCUT2D eigenvalue weighted by Crippen LogP contribution is -2.35. The van der Waals surface area contributed by atoms with Crippen LogP contribution in [0.4, 0.5) is 5.13 Å². The van der Waals surface area contributed by atoms with Gasteiger partial charge in [-0.2, -0.15) is 0 Å². The fourth-order valence-electron chi connectivity index (χ4n) is 3.78. The van der Waals surface area contributed by atoms with Crippen LogP contribution in [0.25, 0.3) is 16.6 Å². The van der Waals surface area contributed by atoms with Gasteiger partial charge in [-0.1, -0.05) is 84.1 Å². The molecule has 1 N–H and O–H groups in total. The highest BCUT2D eigenvalue weighted by molar-refractivity contribution is 7.18. The van der Waals surface area contributed by atoms with Gasteiger partial charge < -0.3 is 15.0 Å². The number of hydrogen-bond acceptors (Lipinski definition) is 6. The van der Waals surface area contributed by atoms with E-state index < -0.39 is 0 Å². The second kappa shape index (κ2) is 12.6. The van der Waals surface area contributed by atoms with Crippen molar-refractivity contribution in [3.63, 3.8) is 0 Å². The lowest BCUT2D eigenvalue weighted by Gasteiger charge is -2.28. The van der Waals surface area contributed by atoms with Crippen LogP contribution < -0.4 is 10.1 Å². The van der Waals surface area contributed by atoms with Gasteiger partial charge in [0.05, 0.1) is 13.2 Å². The first-order valence-corrected chi connectivity index (χ1v) is 12.7. The van der Waals surface area contributed by atoms with Crippen molar-refractivity contribution >= 4 is 34.4 Å². The van der Waals surface area contributed by atoms with Crippen molar-refractivity contribution < 1.29 is 14.3 Å². The number of nitrogens with zero attached hydrogens (tertiary/aromatic N) is 3. The maximum atomic E-state index is 13.2. The minimum atomic E-state index is -0.238. The van der Waals surface area contributed by atoms with Gasteiger partial charge in [-0.25, -0.2) is 0 Å². The van der Waals surface area contributed by atoms with Crippen LogP contribution in [0, 0.1) is 0 Å². The average molecular weight is 513 g/mol. The summed E-state index contributed by atoms with van der Waals surface area (Å²) in [6, 6.07) is 26.7. The molecule has 0 fully saturated rings. The maximum absolute atomic E-state index is 13.2. The van der Waals surface area contributed by atoms with Gasteiger partial charge in [0.2, 0.25) is 16.9 Å². The monoisotopic (exact) mass is 512 g/mol. The number of carbonyl (C=O) groups is 2. The molecule has 1 aromatic heterocycles. The molecule has 4 rings (SSSR count). The van der Waals surface area contributed by atoms with Gasteiger partial charge in [-0.3, -0.25) is 9.59 Å². The van der Waals surface area contributed by atoms with Crippen molar-refractivity contribution in [3.8, 4) is 16.3 Å². The highest BCUT2D eigenvalue weighted by Crippen LogP contribution is 2.29. The molecule has 37 heavy (non-hydrogen) atoms. The first-order valence-electron chi connectivity index (χ1n) is 11.9. The van der Waals surface area contributed by atoms with Crippen LogP contribution in [0.2, 0.25) is 0 Å². The number of amides is 2. The van der Waals surface area contributed by atoms with Crippen LogP contribution in [0.15, 0.2) is 91.0 Å². The second-order valence-electron chi connectivity index (χ2n) is 8.30. The van der Waals surface area contributed by atoms with Crippen LogP contribution >= 0.6 is 11.3 Å². The van der Waals surface area contributed by atoms with Crippen molar-refractivity contribution in [1.82, 2.24) is 15.1 Å². The molecule has 0 aliphatic heterocycles. The van der Waals surface area contributed by atoms with E-state index in [1.165, 1.54) is 11.3 Å². The van der Waals surface area contributed by atoms with Crippen LogP contribution in [0.1, 0.15) is 30.5 Å². The number of rotatable bonds is 10. The lowest BCUT2D eigenvalue weighted by molar-refractivity contribution is -0.128. The Hall–Kier alpha value is -4.30. The fourth-order valence-corrected chi connectivity index (χ4v) is 4.54. The predicted octanol–water partition coefficient (Wildman–Crippen LogP) is 5.85. The van der Waals surface area contributed by atoms with E-state index in [-0.39, 0.29) is 30.8 Å². The number of hydrogen-bond donors (Lipinski definition) is 1. The summed E-state index contributed by atoms with van der Waals surface area (Å²) in [5.41, 5.74) is 2.79. The number of aromatic nitrogens is 2. The molecule has 7 nitrogen and oxygen atoms in total. The molecule has 0 aliphatic rings. The largest absolute Gasteiger partial charge is 0.497 e. The zero-order valence-electron chi connectivity index (χ0n) is 20.7. The van der Waals surface area contributed by atoms with Crippen molar-refractivity contribution in [2.75, 3.05) is 19.0 Å². The Kier molecular flexibility index (Phi) is 8.78. The Morgan fingerprint density at radius 1 is 1.00 bits per heavy atom. The Balaban J connectivity index is 1.42. The van der Waals surface area contributed by atoms with Crippen LogP contribution in [0.5, 0.6) is 5.75 Å². The zero-order chi connectivity index (χ0) is 26.0. The summed E-state index contributed by atoms with van der Waals surface area (Å²) in [6.07, 6.45) is 3.46. The molecule has 0 aliphatic carbocycles. The number of carbonyl (C=O) groups excluding carboxylic acids is 2. The summed E-state index contributed by atoms with van der Waals surface area (Å²) in [7, 11) is 1.61. The van der Waals surface area contributed by atoms with Crippen molar-refractivity contribution in [2.45, 2.75) is 19.4 Å². The molecule has 188 valence electrons. The van der Waals surface area contributed by atoms with E-state index in [4.69, 9.17) is 4.74 Å². The smallest absolute Gasteiger partial charge is 0.247 e. The number of methoxy groups -OCH3 is 1. The third-order valence-corrected chi connectivity index (χ3v) is 6.71. The number of nitrogens with one attached hydrogen (secondary N) is 1. The van der Waals surface area contributed by atoms with E-state index in [1.54, 1.807) is 24.2 Å². The number of anilines is 1. The van der Waals surface area contributed by atoms with Gasteiger partial charge in [0.1, 0.15) is 10.8 Å². The van der Waals surface area contributed by atoms with Gasteiger partial charge in [0.25, 0.3) is 0 Å². The SMILES string of the molecule is COc1cccc(-c2nnc(NC(=O)CCN(C(=O)C=Cc3ccccc3)C(C)c3ccccc3)s2)c1. The summed E-state index contributed by atoms with van der Waals surface area (Å²) >= 11 is 1.28. The topological polar surface area (TPSA) is 84.4 Å². The summed E-state index contributed by atoms with van der Waals surface area (Å²) in [5, 5.41) is 12.2. The first kappa shape index (κ1) is 25.8. The standard InChI is InChI=1S/C29H28N4O3S/c1-21(23-12-7-4-8-13-23)33(27(35)17-16-22-10-5-3-6-11-22)19-18-26(34)30-29-32-31-28(37-29)24-14-9-15-25(20-24)36-2/h3-17,20-21H,18-19H2,1-2H3,(H,30,32,34). The highest BCUT2D eigenvalue weighted by Gasteiger charge is 2.21. The zero-order valence-corrected chi connectivity index (χ0v) is 21.5. The average Bonchev–Trinajstić information content (AvgIpc) is 3.41. The molecule has 0 saturated heterocycles. The van der Waals surface area contributed by atoms with Crippen LogP contribution in [0.3, 0.4) is 0 Å². The molecule has 8 heteroatoms. The molecule has 0 bridgehead atoms. The minimum Gasteiger partial charge on any atom is -0.497 e. The molecular weight excluding hydrogens is 484 g/mol. The van der Waals surface area contributed by atoms with Crippen molar-refractivity contribution in [2.24, 2.45) is 0 Å². The molecule has 1 heterocycles. The maximum Gasteiger partial charge on any atom is 0.247 e. The summed E-state index contributed by atoms with van der Waals surface area (Å²) in [4.78, 5) is 27.7. The number of benzene rings is 3. The minimum absolute atomic E-state index is 0.121.